The number of allylic oxidation sites excluding steroid dienone is 6. The lowest BCUT2D eigenvalue weighted by molar-refractivity contribution is 0.759. The van der Waals surface area contributed by atoms with Crippen LogP contribution in [0.25, 0.3) is 10.4 Å². The Hall–Kier alpha value is -3.73. The van der Waals surface area contributed by atoms with E-state index in [4.69, 9.17) is 0 Å². The van der Waals surface area contributed by atoms with Crippen molar-refractivity contribution in [1.82, 2.24) is 0 Å². The molecule has 0 unspecified atom stereocenters. The highest BCUT2D eigenvalue weighted by molar-refractivity contribution is 6.79. The molecule has 0 saturated carbocycles. The summed E-state index contributed by atoms with van der Waals surface area (Å²) in [6, 6.07) is 40.4. The fourth-order valence-electron chi connectivity index (χ4n) is 6.14. The van der Waals surface area contributed by atoms with Crippen molar-refractivity contribution >= 4 is 29.4 Å². The zero-order chi connectivity index (χ0) is 25.0. The number of fused-ring (bicyclic) bond motifs is 1. The van der Waals surface area contributed by atoms with Crippen molar-refractivity contribution in [3.63, 3.8) is 0 Å². The van der Waals surface area contributed by atoms with Gasteiger partial charge in [-0.05, 0) is 47.2 Å². The van der Waals surface area contributed by atoms with E-state index < -0.39 is 0 Å². The maximum atomic E-state index is 2.53. The van der Waals surface area contributed by atoms with Crippen LogP contribution in [0.15, 0.2) is 143 Å². The molecular weight excluding hydrogens is 477 g/mol. The van der Waals surface area contributed by atoms with E-state index >= 15 is 0 Å². The Kier molecular flexibility index (Phi) is 5.28. The standard InChI is InChI=1S/C35H26Si2/c1-23-11-9-13-25(19-23)31-21-29-33(36-31)34-30(22-32(37-34)26-14-10-12-24(2)20-26)35(29,27-15-5-3-6-16-27)28-17-7-4-8-18-28/h3-22H,1-2H3. The van der Waals surface area contributed by atoms with Crippen LogP contribution in [0.4, 0.5) is 0 Å². The normalized spacial score (nSPS) is 17.6. The molecule has 0 aromatic heterocycles. The van der Waals surface area contributed by atoms with Gasteiger partial charge < -0.3 is 0 Å². The third kappa shape index (κ3) is 3.47. The zero-order valence-corrected chi connectivity index (χ0v) is 23.0. The lowest BCUT2D eigenvalue weighted by Gasteiger charge is -2.35. The molecule has 4 radical (unpaired) electrons. The molecule has 2 heteroatoms. The first-order valence-corrected chi connectivity index (χ1v) is 14.9. The molecule has 0 N–H and O–H groups in total. The molecule has 1 aliphatic carbocycles. The highest BCUT2D eigenvalue weighted by Gasteiger charge is 2.51. The van der Waals surface area contributed by atoms with Gasteiger partial charge in [0.2, 0.25) is 0 Å². The first kappa shape index (κ1) is 22.5. The summed E-state index contributed by atoms with van der Waals surface area (Å²) in [6.07, 6.45) is 5.07. The van der Waals surface area contributed by atoms with Crippen LogP contribution in [0.1, 0.15) is 33.4 Å². The molecule has 4 aromatic rings. The lowest BCUT2D eigenvalue weighted by atomic mass is 9.66. The van der Waals surface area contributed by atoms with E-state index in [1.807, 2.05) is 0 Å². The third-order valence-electron chi connectivity index (χ3n) is 7.77. The lowest BCUT2D eigenvalue weighted by Crippen LogP contribution is -2.29. The summed E-state index contributed by atoms with van der Waals surface area (Å²) in [5, 5.41) is 6.06. The molecule has 0 nitrogen and oxygen atoms in total. The summed E-state index contributed by atoms with van der Waals surface area (Å²) < 4.78 is 0. The fraction of sp³-hybridized carbons (Fsp3) is 0.0857. The number of hydrogen-bond acceptors (Lipinski definition) is 0. The van der Waals surface area contributed by atoms with Crippen molar-refractivity contribution in [3.05, 3.63) is 176 Å². The maximum absolute atomic E-state index is 2.53. The van der Waals surface area contributed by atoms with Gasteiger partial charge in [0.25, 0.3) is 0 Å². The van der Waals surface area contributed by atoms with Gasteiger partial charge in [0.05, 0.1) is 5.41 Å². The van der Waals surface area contributed by atoms with Crippen LogP contribution in [0.5, 0.6) is 0 Å². The van der Waals surface area contributed by atoms with Gasteiger partial charge in [-0.2, -0.15) is 0 Å². The van der Waals surface area contributed by atoms with Crippen LogP contribution in [-0.4, -0.2) is 19.0 Å². The summed E-state index contributed by atoms with van der Waals surface area (Å²) in [4.78, 5) is 0. The molecular formula is C35H26Si2. The van der Waals surface area contributed by atoms with Crippen molar-refractivity contribution in [1.29, 1.82) is 0 Å². The van der Waals surface area contributed by atoms with E-state index in [2.05, 4.69) is 135 Å². The second-order valence-corrected chi connectivity index (χ2v) is 12.7. The van der Waals surface area contributed by atoms with Crippen molar-refractivity contribution in [3.8, 4) is 0 Å². The molecule has 0 fully saturated rings. The highest BCUT2D eigenvalue weighted by atomic mass is 28.2. The van der Waals surface area contributed by atoms with Crippen LogP contribution in [0, 0.1) is 13.8 Å². The SMILES string of the molecule is Cc1cccc(C2=CC3=C([Si]2)C2=C(C=C(c4cccc(C)c4)[Si]2)C3(c2ccccc2)c2ccccc2)c1. The minimum Gasteiger partial charge on any atom is -0.0622 e. The number of hydrogen-bond donors (Lipinski definition) is 0. The summed E-state index contributed by atoms with van der Waals surface area (Å²) in [6.45, 7) is 4.39. The average molecular weight is 503 g/mol. The third-order valence-corrected chi connectivity index (χ3v) is 11.0. The molecule has 0 saturated heterocycles. The molecule has 0 bridgehead atoms. The largest absolute Gasteiger partial charge is 0.122 e. The number of rotatable bonds is 4. The monoisotopic (exact) mass is 502 g/mol. The van der Waals surface area contributed by atoms with E-state index in [0.717, 1.165) is 0 Å². The van der Waals surface area contributed by atoms with Gasteiger partial charge in [-0.15, -0.1) is 0 Å². The smallest absolute Gasteiger partial charge is 0.0622 e. The minimum atomic E-state index is -0.287. The van der Waals surface area contributed by atoms with Crippen LogP contribution in [0.2, 0.25) is 0 Å². The van der Waals surface area contributed by atoms with Gasteiger partial charge in [0, 0.05) is 0 Å². The number of benzene rings is 4. The van der Waals surface area contributed by atoms with Gasteiger partial charge in [-0.1, -0.05) is 153 Å². The predicted molar refractivity (Wildman–Crippen MR) is 158 cm³/mol. The minimum absolute atomic E-state index is 0.287. The Morgan fingerprint density at radius 2 is 0.919 bits per heavy atom. The van der Waals surface area contributed by atoms with E-state index in [1.54, 1.807) is 10.4 Å². The summed E-state index contributed by atoms with van der Waals surface area (Å²) >= 11 is 0. The second kappa shape index (κ2) is 8.69. The van der Waals surface area contributed by atoms with E-state index in [9.17, 15) is 0 Å². The van der Waals surface area contributed by atoms with E-state index in [-0.39, 0.29) is 5.41 Å². The molecule has 3 aliphatic rings. The Morgan fingerprint density at radius 3 is 1.32 bits per heavy atom. The predicted octanol–water partition coefficient (Wildman–Crippen LogP) is 7.63. The fourth-order valence-corrected chi connectivity index (χ4v) is 9.40. The quantitative estimate of drug-likeness (QED) is 0.252. The van der Waals surface area contributed by atoms with Crippen molar-refractivity contribution < 1.29 is 0 Å². The van der Waals surface area contributed by atoms with Gasteiger partial charge in [-0.3, -0.25) is 0 Å². The Labute approximate surface area is 224 Å². The zero-order valence-electron chi connectivity index (χ0n) is 21.0. The van der Waals surface area contributed by atoms with Gasteiger partial charge in [-0.25, -0.2) is 0 Å². The Morgan fingerprint density at radius 1 is 0.486 bits per heavy atom. The molecule has 0 spiro atoms. The van der Waals surface area contributed by atoms with Gasteiger partial charge in [0.1, 0.15) is 19.0 Å². The van der Waals surface area contributed by atoms with Crippen LogP contribution in [-0.2, 0) is 5.41 Å². The van der Waals surface area contributed by atoms with Crippen LogP contribution >= 0.6 is 0 Å². The van der Waals surface area contributed by atoms with Crippen molar-refractivity contribution in [2.75, 3.05) is 0 Å². The first-order valence-electron chi connectivity index (χ1n) is 12.9. The van der Waals surface area contributed by atoms with Crippen LogP contribution in [0.3, 0.4) is 0 Å². The summed E-state index contributed by atoms with van der Waals surface area (Å²) in [7, 11) is 1.36. The van der Waals surface area contributed by atoms with E-state index in [0.29, 0.717) is 19.0 Å². The van der Waals surface area contributed by atoms with Gasteiger partial charge in [0.15, 0.2) is 0 Å². The first-order chi connectivity index (χ1) is 18.1. The van der Waals surface area contributed by atoms with Gasteiger partial charge >= 0.3 is 0 Å². The van der Waals surface area contributed by atoms with Crippen molar-refractivity contribution in [2.45, 2.75) is 19.3 Å². The molecule has 0 amide bonds. The average Bonchev–Trinajstić information content (AvgIpc) is 3.61. The maximum Gasteiger partial charge on any atom is 0.122 e. The summed E-state index contributed by atoms with van der Waals surface area (Å²) in [5.41, 5.74) is 10.8. The van der Waals surface area contributed by atoms with Crippen LogP contribution < -0.4 is 0 Å². The van der Waals surface area contributed by atoms with E-state index in [1.165, 1.54) is 54.9 Å². The summed E-state index contributed by atoms with van der Waals surface area (Å²) in [5.74, 6) is 0. The molecule has 37 heavy (non-hydrogen) atoms. The molecule has 4 aromatic carbocycles. The molecule has 0 atom stereocenters. The molecule has 7 rings (SSSR count). The van der Waals surface area contributed by atoms with Crippen molar-refractivity contribution in [2.24, 2.45) is 0 Å². The molecule has 2 heterocycles. The Bertz CT molecular complexity index is 1540. The highest BCUT2D eigenvalue weighted by Crippen LogP contribution is 2.59. The number of aryl methyl sites for hydroxylation is 2. The molecule has 2 aliphatic heterocycles. The molecule has 174 valence electrons. The second-order valence-electron chi connectivity index (χ2n) is 10.2. The Balaban J connectivity index is 1.47. The topological polar surface area (TPSA) is 0 Å².